The summed E-state index contributed by atoms with van der Waals surface area (Å²) in [5, 5.41) is 0. The molecule has 2 aliphatic heterocycles. The van der Waals surface area contributed by atoms with Gasteiger partial charge in [0.15, 0.2) is 0 Å². The molecule has 3 aliphatic rings. The maximum absolute atomic E-state index is 6.63. The number of rotatable bonds is 20. The van der Waals surface area contributed by atoms with E-state index in [1.165, 1.54) is 125 Å². The molecule has 0 spiro atoms. The fourth-order valence-corrected chi connectivity index (χ4v) is 8.57. The molecule has 2 fully saturated rings. The van der Waals surface area contributed by atoms with Crippen LogP contribution in [0.4, 0.5) is 0 Å². The minimum atomic E-state index is -0.372. The second kappa shape index (κ2) is 16.8. The Morgan fingerprint density at radius 1 is 0.412 bits per heavy atom. The highest BCUT2D eigenvalue weighted by molar-refractivity contribution is 6.62. The zero-order chi connectivity index (χ0) is 36.9. The van der Waals surface area contributed by atoms with E-state index in [0.29, 0.717) is 0 Å². The molecular formula is C45H72B2O4. The third kappa shape index (κ3) is 8.87. The van der Waals surface area contributed by atoms with Crippen LogP contribution in [0, 0.1) is 0 Å². The molecule has 4 nitrogen and oxygen atoms in total. The van der Waals surface area contributed by atoms with E-state index >= 15 is 0 Å². The molecule has 2 saturated heterocycles. The third-order valence-electron chi connectivity index (χ3n) is 13.4. The largest absolute Gasteiger partial charge is 0.494 e. The van der Waals surface area contributed by atoms with Crippen molar-refractivity contribution in [1.29, 1.82) is 0 Å². The van der Waals surface area contributed by atoms with E-state index < -0.39 is 0 Å². The van der Waals surface area contributed by atoms with Gasteiger partial charge in [0.1, 0.15) is 0 Å². The number of hydrogen-bond acceptors (Lipinski definition) is 4. The Kier molecular flexibility index (Phi) is 13.4. The van der Waals surface area contributed by atoms with Crippen LogP contribution in [0.25, 0.3) is 11.1 Å². The molecule has 0 amide bonds. The first-order valence-electron chi connectivity index (χ1n) is 21.2. The predicted molar refractivity (Wildman–Crippen MR) is 219 cm³/mol. The highest BCUT2D eigenvalue weighted by Crippen LogP contribution is 2.54. The van der Waals surface area contributed by atoms with Gasteiger partial charge in [0.25, 0.3) is 0 Å². The second-order valence-electron chi connectivity index (χ2n) is 18.3. The van der Waals surface area contributed by atoms with E-state index in [1.54, 1.807) is 0 Å². The van der Waals surface area contributed by atoms with Gasteiger partial charge in [0, 0.05) is 5.41 Å². The summed E-state index contributed by atoms with van der Waals surface area (Å²) in [6.45, 7) is 21.9. The van der Waals surface area contributed by atoms with E-state index in [2.05, 4.69) is 106 Å². The molecule has 0 radical (unpaired) electrons. The minimum Gasteiger partial charge on any atom is -0.399 e. The van der Waals surface area contributed by atoms with Crippen LogP contribution in [0.2, 0.25) is 0 Å². The maximum Gasteiger partial charge on any atom is 0.494 e. The van der Waals surface area contributed by atoms with Gasteiger partial charge in [0.2, 0.25) is 0 Å². The molecule has 51 heavy (non-hydrogen) atoms. The Balaban J connectivity index is 1.49. The standard InChI is InChI=1S/C45H72B2O4/c1-11-13-15-17-19-21-23-25-31-45(32-26-24-22-20-18-16-14-12-2)39-33-35(46-48-41(3,4)42(5,6)49-46)27-29-37(39)38-30-28-36(34-40(38)45)47-50-43(7,8)44(9,10)51-47/h27-30,33-34H,11-26,31-32H2,1-10H3. The van der Waals surface area contributed by atoms with Crippen molar-refractivity contribution in [3.63, 3.8) is 0 Å². The summed E-state index contributed by atoms with van der Waals surface area (Å²) in [6, 6.07) is 14.2. The van der Waals surface area contributed by atoms with Crippen LogP contribution in [0.15, 0.2) is 36.4 Å². The van der Waals surface area contributed by atoms with Gasteiger partial charge in [-0.05, 0) is 101 Å². The van der Waals surface area contributed by atoms with Gasteiger partial charge in [-0.15, -0.1) is 0 Å². The molecule has 6 heteroatoms. The number of hydrogen-bond donors (Lipinski definition) is 0. The van der Waals surface area contributed by atoms with Crippen molar-refractivity contribution >= 4 is 25.2 Å². The lowest BCUT2D eigenvalue weighted by atomic mass is 9.67. The fourth-order valence-electron chi connectivity index (χ4n) is 8.57. The molecular weight excluding hydrogens is 626 g/mol. The van der Waals surface area contributed by atoms with Crippen molar-refractivity contribution < 1.29 is 18.6 Å². The molecule has 5 rings (SSSR count). The normalized spacial score (nSPS) is 20.6. The predicted octanol–water partition coefficient (Wildman–Crippen LogP) is 11.6. The quantitative estimate of drug-likeness (QED) is 0.102. The Morgan fingerprint density at radius 3 is 1.02 bits per heavy atom. The smallest absolute Gasteiger partial charge is 0.399 e. The zero-order valence-electron chi connectivity index (χ0n) is 34.5. The molecule has 1 aliphatic carbocycles. The molecule has 0 aromatic heterocycles. The average Bonchev–Trinajstić information content (AvgIpc) is 3.57. The van der Waals surface area contributed by atoms with Gasteiger partial charge in [-0.2, -0.15) is 0 Å². The third-order valence-corrected chi connectivity index (χ3v) is 13.4. The molecule has 0 N–H and O–H groups in total. The molecule has 282 valence electrons. The Labute approximate surface area is 314 Å². The summed E-state index contributed by atoms with van der Waals surface area (Å²) >= 11 is 0. The van der Waals surface area contributed by atoms with Crippen LogP contribution in [0.5, 0.6) is 0 Å². The lowest BCUT2D eigenvalue weighted by Crippen LogP contribution is -2.41. The van der Waals surface area contributed by atoms with Crippen molar-refractivity contribution in [1.82, 2.24) is 0 Å². The summed E-state index contributed by atoms with van der Waals surface area (Å²) in [6.07, 6.45) is 23.6. The van der Waals surface area contributed by atoms with Crippen molar-refractivity contribution in [3.05, 3.63) is 47.5 Å². The summed E-state index contributed by atoms with van der Waals surface area (Å²) in [4.78, 5) is 0. The lowest BCUT2D eigenvalue weighted by Gasteiger charge is -2.33. The maximum atomic E-state index is 6.63. The Morgan fingerprint density at radius 2 is 0.706 bits per heavy atom. The summed E-state index contributed by atoms with van der Waals surface area (Å²) in [5.74, 6) is 0. The first kappa shape index (κ1) is 40.6. The van der Waals surface area contributed by atoms with Crippen LogP contribution in [0.3, 0.4) is 0 Å². The molecule has 0 atom stereocenters. The van der Waals surface area contributed by atoms with Crippen LogP contribution >= 0.6 is 0 Å². The topological polar surface area (TPSA) is 36.9 Å². The average molecular weight is 699 g/mol. The number of unbranched alkanes of at least 4 members (excludes halogenated alkanes) is 14. The lowest BCUT2D eigenvalue weighted by molar-refractivity contribution is 0.00578. The molecule has 2 heterocycles. The number of benzene rings is 2. The van der Waals surface area contributed by atoms with Gasteiger partial charge in [-0.3, -0.25) is 0 Å². The van der Waals surface area contributed by atoms with E-state index in [0.717, 1.165) is 23.8 Å². The van der Waals surface area contributed by atoms with E-state index in [-0.39, 0.29) is 42.1 Å². The molecule has 2 aromatic rings. The van der Waals surface area contributed by atoms with Crippen LogP contribution in [0.1, 0.15) is 196 Å². The monoisotopic (exact) mass is 699 g/mol. The van der Waals surface area contributed by atoms with E-state index in [9.17, 15) is 0 Å². The number of fused-ring (bicyclic) bond motifs is 3. The Bertz CT molecular complexity index is 1290. The fraction of sp³-hybridized carbons (Fsp3) is 0.733. The van der Waals surface area contributed by atoms with Crippen LogP contribution in [-0.2, 0) is 24.0 Å². The SMILES string of the molecule is CCCCCCCCCCC1(CCCCCCCCCC)c2cc(B3OC(C)(C)C(C)(C)O3)ccc2-c2ccc(B3OC(C)(C)C(C)(C)O3)cc21. The highest BCUT2D eigenvalue weighted by atomic mass is 16.7. The van der Waals surface area contributed by atoms with Crippen molar-refractivity contribution in [3.8, 4) is 11.1 Å². The highest BCUT2D eigenvalue weighted by Gasteiger charge is 2.54. The zero-order valence-corrected chi connectivity index (χ0v) is 34.5. The second-order valence-corrected chi connectivity index (χ2v) is 18.3. The Hall–Kier alpha value is -1.59. The van der Waals surface area contributed by atoms with Crippen LogP contribution < -0.4 is 10.9 Å². The molecule has 0 bridgehead atoms. The minimum absolute atomic E-state index is 0.0611. The summed E-state index contributed by atoms with van der Waals surface area (Å²) in [7, 11) is -0.735. The van der Waals surface area contributed by atoms with Gasteiger partial charge >= 0.3 is 14.2 Å². The summed E-state index contributed by atoms with van der Waals surface area (Å²) in [5.41, 5.74) is 6.44. The van der Waals surface area contributed by atoms with Crippen molar-refractivity contribution in [2.75, 3.05) is 0 Å². The van der Waals surface area contributed by atoms with Gasteiger partial charge in [-0.1, -0.05) is 153 Å². The first-order chi connectivity index (χ1) is 24.2. The molecule has 2 aromatic carbocycles. The van der Waals surface area contributed by atoms with Crippen LogP contribution in [-0.4, -0.2) is 36.6 Å². The van der Waals surface area contributed by atoms with Crippen molar-refractivity contribution in [2.45, 2.75) is 213 Å². The van der Waals surface area contributed by atoms with E-state index in [1.807, 2.05) is 0 Å². The van der Waals surface area contributed by atoms with E-state index in [4.69, 9.17) is 18.6 Å². The van der Waals surface area contributed by atoms with Crippen molar-refractivity contribution in [2.24, 2.45) is 0 Å². The molecule has 0 unspecified atom stereocenters. The van der Waals surface area contributed by atoms with Gasteiger partial charge < -0.3 is 18.6 Å². The summed E-state index contributed by atoms with van der Waals surface area (Å²) < 4.78 is 26.5. The van der Waals surface area contributed by atoms with Gasteiger partial charge in [0.05, 0.1) is 22.4 Å². The molecule has 0 saturated carbocycles. The van der Waals surface area contributed by atoms with Gasteiger partial charge in [-0.25, -0.2) is 0 Å². The first-order valence-corrected chi connectivity index (χ1v) is 21.2.